The second-order valence-corrected chi connectivity index (χ2v) is 7.88. The first-order valence-electron chi connectivity index (χ1n) is 9.00. The van der Waals surface area contributed by atoms with Gasteiger partial charge in [-0.05, 0) is 50.7 Å². The number of nitrogens with zero attached hydrogens (tertiary/aromatic N) is 3. The molecule has 1 aromatic heterocycles. The predicted molar refractivity (Wildman–Crippen MR) is 118 cm³/mol. The predicted octanol–water partition coefficient (Wildman–Crippen LogP) is 3.79. The van der Waals surface area contributed by atoms with Crippen molar-refractivity contribution in [3.63, 3.8) is 0 Å². The number of ether oxygens (including phenoxy) is 1. The molecule has 0 aliphatic rings. The SMILES string of the molecule is [B]C(C)(P)Oc1ccc(-n2nc(-c3ccc(C)cc3)nc2NCCC=N)cc1. The lowest BCUT2D eigenvalue weighted by Gasteiger charge is -2.21. The minimum atomic E-state index is -0.827. The van der Waals surface area contributed by atoms with Crippen LogP contribution in [0.5, 0.6) is 5.75 Å². The fraction of sp³-hybridized carbons (Fsp3) is 0.250. The summed E-state index contributed by atoms with van der Waals surface area (Å²) in [6, 6.07) is 15.6. The Balaban J connectivity index is 1.93. The molecule has 3 rings (SSSR count). The molecule has 28 heavy (non-hydrogen) atoms. The third kappa shape index (κ3) is 5.20. The second kappa shape index (κ2) is 8.57. The molecule has 0 aliphatic heterocycles. The van der Waals surface area contributed by atoms with Gasteiger partial charge in [-0.2, -0.15) is 9.67 Å². The van der Waals surface area contributed by atoms with Gasteiger partial charge < -0.3 is 15.5 Å². The van der Waals surface area contributed by atoms with Crippen molar-refractivity contribution < 1.29 is 4.74 Å². The van der Waals surface area contributed by atoms with Crippen LogP contribution in [-0.4, -0.2) is 40.6 Å². The number of anilines is 1. The van der Waals surface area contributed by atoms with E-state index in [0.29, 0.717) is 30.5 Å². The summed E-state index contributed by atoms with van der Waals surface area (Å²) < 4.78 is 7.40. The van der Waals surface area contributed by atoms with Crippen LogP contribution in [0.3, 0.4) is 0 Å². The minimum absolute atomic E-state index is 0.606. The van der Waals surface area contributed by atoms with E-state index in [2.05, 4.69) is 24.6 Å². The smallest absolute Gasteiger partial charge is 0.226 e. The van der Waals surface area contributed by atoms with Crippen molar-refractivity contribution in [1.29, 1.82) is 5.41 Å². The quantitative estimate of drug-likeness (QED) is 0.265. The van der Waals surface area contributed by atoms with Crippen LogP contribution in [0.4, 0.5) is 5.95 Å². The summed E-state index contributed by atoms with van der Waals surface area (Å²) >= 11 is 0. The normalized spacial score (nSPS) is 13.0. The summed E-state index contributed by atoms with van der Waals surface area (Å²) in [5.74, 6) is 1.93. The summed E-state index contributed by atoms with van der Waals surface area (Å²) in [5.41, 5.74) is 2.98. The molecule has 1 heterocycles. The second-order valence-electron chi connectivity index (χ2n) is 6.74. The lowest BCUT2D eigenvalue weighted by atomic mass is 10.0. The Morgan fingerprint density at radius 1 is 1.21 bits per heavy atom. The van der Waals surface area contributed by atoms with Gasteiger partial charge in [0.1, 0.15) is 13.6 Å². The van der Waals surface area contributed by atoms with E-state index in [1.165, 1.54) is 11.8 Å². The average Bonchev–Trinajstić information content (AvgIpc) is 3.06. The monoisotopic (exact) mass is 391 g/mol. The summed E-state index contributed by atoms with van der Waals surface area (Å²) in [7, 11) is 8.32. The zero-order chi connectivity index (χ0) is 20.1. The maximum absolute atomic E-state index is 7.21. The molecule has 8 heteroatoms. The molecule has 2 N–H and O–H groups in total. The first kappa shape index (κ1) is 20.1. The molecule has 3 aromatic rings. The third-order valence-corrected chi connectivity index (χ3v) is 4.03. The van der Waals surface area contributed by atoms with E-state index in [1.807, 2.05) is 55.5 Å². The van der Waals surface area contributed by atoms with Gasteiger partial charge >= 0.3 is 0 Å². The molecule has 0 saturated carbocycles. The van der Waals surface area contributed by atoms with Crippen LogP contribution in [0.1, 0.15) is 18.9 Å². The van der Waals surface area contributed by atoms with E-state index >= 15 is 0 Å². The number of nitrogens with one attached hydrogen (secondary N) is 2. The van der Waals surface area contributed by atoms with Gasteiger partial charge in [0.2, 0.25) is 5.95 Å². The Labute approximate surface area is 168 Å². The van der Waals surface area contributed by atoms with Crippen LogP contribution in [0, 0.1) is 12.3 Å². The summed E-state index contributed by atoms with van der Waals surface area (Å²) in [4.78, 5) is 4.65. The lowest BCUT2D eigenvalue weighted by molar-refractivity contribution is 0.268. The van der Waals surface area contributed by atoms with Crippen LogP contribution >= 0.6 is 9.24 Å². The molecule has 0 aliphatic carbocycles. The van der Waals surface area contributed by atoms with Crippen molar-refractivity contribution in [1.82, 2.24) is 14.8 Å². The van der Waals surface area contributed by atoms with Gasteiger partial charge in [0.15, 0.2) is 5.82 Å². The van der Waals surface area contributed by atoms with Crippen LogP contribution in [0.25, 0.3) is 17.1 Å². The molecule has 2 radical (unpaired) electrons. The molecule has 142 valence electrons. The van der Waals surface area contributed by atoms with E-state index in [1.54, 1.807) is 11.6 Å². The van der Waals surface area contributed by atoms with E-state index in [4.69, 9.17) is 18.0 Å². The molecule has 2 unspecified atom stereocenters. The van der Waals surface area contributed by atoms with Crippen molar-refractivity contribution in [2.45, 2.75) is 25.5 Å². The van der Waals surface area contributed by atoms with Gasteiger partial charge in [0.25, 0.3) is 0 Å². The molecule has 6 nitrogen and oxygen atoms in total. The Morgan fingerprint density at radius 3 is 2.50 bits per heavy atom. The molecule has 0 fully saturated rings. The minimum Gasteiger partial charge on any atom is -0.494 e. The highest BCUT2D eigenvalue weighted by atomic mass is 31.0. The Bertz CT molecular complexity index is 933. The highest BCUT2D eigenvalue weighted by Crippen LogP contribution is 2.25. The maximum Gasteiger partial charge on any atom is 0.226 e. The zero-order valence-electron chi connectivity index (χ0n) is 16.0. The van der Waals surface area contributed by atoms with Crippen molar-refractivity contribution in [2.75, 3.05) is 11.9 Å². The first-order valence-corrected chi connectivity index (χ1v) is 9.57. The summed E-state index contributed by atoms with van der Waals surface area (Å²) in [6.07, 6.45) is 1.98. The van der Waals surface area contributed by atoms with Crippen molar-refractivity contribution >= 4 is 29.2 Å². The Morgan fingerprint density at radius 2 is 1.89 bits per heavy atom. The van der Waals surface area contributed by atoms with Crippen LogP contribution in [-0.2, 0) is 0 Å². The largest absolute Gasteiger partial charge is 0.494 e. The van der Waals surface area contributed by atoms with Crippen LogP contribution < -0.4 is 10.1 Å². The molecule has 2 atom stereocenters. The van der Waals surface area contributed by atoms with Gasteiger partial charge in [-0.25, -0.2) is 0 Å². The third-order valence-electron chi connectivity index (χ3n) is 3.91. The van der Waals surface area contributed by atoms with Crippen LogP contribution in [0.15, 0.2) is 48.5 Å². The first-order chi connectivity index (χ1) is 13.4. The van der Waals surface area contributed by atoms with E-state index < -0.39 is 5.24 Å². The van der Waals surface area contributed by atoms with Gasteiger partial charge in [-0.3, -0.25) is 0 Å². The lowest BCUT2D eigenvalue weighted by Crippen LogP contribution is -2.23. The standard InChI is InChI=1S/C20H23BN5OP/c1-14-4-6-15(7-5-14)18-24-19(23-13-3-12-22)26(25-18)16-8-10-17(11-9-16)27-20(2,21)28/h4-12,22H,3,13,28H2,1-2H3,(H,23,24,25). The highest BCUT2D eigenvalue weighted by Gasteiger charge is 2.15. The van der Waals surface area contributed by atoms with Gasteiger partial charge in [-0.1, -0.05) is 29.8 Å². The van der Waals surface area contributed by atoms with Gasteiger partial charge in [-0.15, -0.1) is 14.3 Å². The van der Waals surface area contributed by atoms with Crippen molar-refractivity contribution in [3.05, 3.63) is 54.1 Å². The van der Waals surface area contributed by atoms with Crippen molar-refractivity contribution in [3.8, 4) is 22.8 Å². The van der Waals surface area contributed by atoms with Crippen LogP contribution in [0.2, 0.25) is 0 Å². The molecule has 0 spiro atoms. The molecule has 2 aromatic carbocycles. The Hall–Kier alpha value is -2.66. The Kier molecular flexibility index (Phi) is 6.15. The van der Waals surface area contributed by atoms with E-state index in [0.717, 1.165) is 11.3 Å². The molecule has 0 amide bonds. The number of rotatable bonds is 8. The molecule has 0 bridgehead atoms. The topological polar surface area (TPSA) is 75.8 Å². The van der Waals surface area contributed by atoms with E-state index in [9.17, 15) is 0 Å². The molecule has 0 saturated heterocycles. The summed E-state index contributed by atoms with van der Waals surface area (Å²) in [6.45, 7) is 4.42. The highest BCUT2D eigenvalue weighted by molar-refractivity contribution is 7.21. The average molecular weight is 391 g/mol. The van der Waals surface area contributed by atoms with Gasteiger partial charge in [0.05, 0.1) is 10.9 Å². The summed E-state index contributed by atoms with van der Waals surface area (Å²) in [5, 5.41) is 14.3. The number of hydrogen-bond donors (Lipinski definition) is 2. The van der Waals surface area contributed by atoms with Crippen molar-refractivity contribution in [2.24, 2.45) is 0 Å². The fourth-order valence-corrected chi connectivity index (χ4v) is 2.73. The number of hydrogen-bond acceptors (Lipinski definition) is 5. The number of aryl methyl sites for hydroxylation is 1. The fourth-order valence-electron chi connectivity index (χ4n) is 2.60. The zero-order valence-corrected chi connectivity index (χ0v) is 17.2. The molecular formula is C20H23BN5OP. The van der Waals surface area contributed by atoms with E-state index in [-0.39, 0.29) is 0 Å². The number of benzene rings is 2. The maximum atomic E-state index is 7.21. The molecular weight excluding hydrogens is 368 g/mol. The number of aromatic nitrogens is 3. The van der Waals surface area contributed by atoms with Gasteiger partial charge in [0, 0.05) is 12.1 Å².